The molecule has 1 aromatic heterocycles. The number of hydrogen-bond donors (Lipinski definition) is 3. The lowest BCUT2D eigenvalue weighted by atomic mass is 10.1. The molecule has 0 saturated heterocycles. The van der Waals surface area contributed by atoms with Crippen LogP contribution < -0.4 is 16.4 Å². The number of nitrogens with two attached hydrogens (primary N) is 1. The predicted molar refractivity (Wildman–Crippen MR) is 91.6 cm³/mol. The summed E-state index contributed by atoms with van der Waals surface area (Å²) >= 11 is 0. The van der Waals surface area contributed by atoms with Gasteiger partial charge in [-0.15, -0.1) is 0 Å². The standard InChI is InChI=1S/C17H17F5N6/c1-9-4-25-17(23,10-5-26-28(7-10)8-14(20)21)27-16(9)24-6-11-12(18)2-3-13(19)15(11)22/h2-5,7,14,24,27H,6,8,23H2,1H3. The lowest BCUT2D eigenvalue weighted by molar-refractivity contribution is 0.121. The zero-order valence-electron chi connectivity index (χ0n) is 14.7. The molecular formula is C17H17F5N6. The van der Waals surface area contributed by atoms with E-state index in [0.29, 0.717) is 23.0 Å². The van der Waals surface area contributed by atoms with E-state index in [2.05, 4.69) is 20.7 Å². The largest absolute Gasteiger partial charge is 0.367 e. The van der Waals surface area contributed by atoms with Crippen molar-refractivity contribution in [1.29, 1.82) is 0 Å². The third-order valence-corrected chi connectivity index (χ3v) is 4.15. The molecule has 0 bridgehead atoms. The van der Waals surface area contributed by atoms with E-state index < -0.39 is 41.8 Å². The van der Waals surface area contributed by atoms with E-state index in [1.54, 1.807) is 6.92 Å². The van der Waals surface area contributed by atoms with Crippen molar-refractivity contribution in [3.05, 3.63) is 64.5 Å². The van der Waals surface area contributed by atoms with Crippen molar-refractivity contribution < 1.29 is 22.0 Å². The van der Waals surface area contributed by atoms with Crippen molar-refractivity contribution in [2.75, 3.05) is 0 Å². The van der Waals surface area contributed by atoms with Crippen LogP contribution in [-0.2, 0) is 18.9 Å². The Balaban J connectivity index is 1.77. The van der Waals surface area contributed by atoms with Crippen LogP contribution in [-0.4, -0.2) is 22.4 Å². The van der Waals surface area contributed by atoms with Gasteiger partial charge in [0.1, 0.15) is 18.2 Å². The highest BCUT2D eigenvalue weighted by molar-refractivity contribution is 5.80. The molecule has 1 aromatic carbocycles. The Hall–Kier alpha value is -2.95. The molecule has 11 heteroatoms. The molecule has 150 valence electrons. The van der Waals surface area contributed by atoms with Crippen LogP contribution >= 0.6 is 0 Å². The van der Waals surface area contributed by atoms with Crippen LogP contribution in [0, 0.1) is 17.5 Å². The van der Waals surface area contributed by atoms with Gasteiger partial charge in [0.25, 0.3) is 6.43 Å². The third-order valence-electron chi connectivity index (χ3n) is 4.15. The van der Waals surface area contributed by atoms with Crippen LogP contribution in [0.25, 0.3) is 0 Å². The van der Waals surface area contributed by atoms with Gasteiger partial charge < -0.3 is 10.6 Å². The van der Waals surface area contributed by atoms with Crippen molar-refractivity contribution in [3.8, 4) is 0 Å². The minimum absolute atomic E-state index is 0.294. The maximum atomic E-state index is 13.8. The fourth-order valence-electron chi connectivity index (χ4n) is 2.62. The number of rotatable bonds is 6. The fourth-order valence-corrected chi connectivity index (χ4v) is 2.62. The topological polar surface area (TPSA) is 80.3 Å². The lowest BCUT2D eigenvalue weighted by Crippen LogP contribution is -2.52. The van der Waals surface area contributed by atoms with Gasteiger partial charge in [0.2, 0.25) is 5.79 Å². The van der Waals surface area contributed by atoms with Crippen molar-refractivity contribution in [2.45, 2.75) is 32.2 Å². The summed E-state index contributed by atoms with van der Waals surface area (Å²) in [5.74, 6) is -4.59. The van der Waals surface area contributed by atoms with Gasteiger partial charge >= 0.3 is 0 Å². The highest BCUT2D eigenvalue weighted by Crippen LogP contribution is 2.22. The molecule has 2 heterocycles. The van der Waals surface area contributed by atoms with Gasteiger partial charge in [0.15, 0.2) is 11.6 Å². The van der Waals surface area contributed by atoms with Gasteiger partial charge in [0, 0.05) is 30.1 Å². The molecule has 0 saturated carbocycles. The zero-order chi connectivity index (χ0) is 20.5. The number of aliphatic imine (C=N–C) groups is 1. The van der Waals surface area contributed by atoms with Crippen molar-refractivity contribution in [2.24, 2.45) is 10.7 Å². The highest BCUT2D eigenvalue weighted by atomic mass is 19.3. The SMILES string of the molecule is CC1=C(NCc2c(F)ccc(F)c2F)NC(N)(c2cnn(CC(F)F)c2)N=C1. The van der Waals surface area contributed by atoms with Crippen molar-refractivity contribution in [1.82, 2.24) is 20.4 Å². The number of halogens is 5. The molecule has 3 rings (SSSR count). The fraction of sp³-hybridized carbons (Fsp3) is 0.294. The van der Waals surface area contributed by atoms with Crippen LogP contribution in [0.2, 0.25) is 0 Å². The maximum absolute atomic E-state index is 13.8. The molecule has 0 amide bonds. The first-order valence-electron chi connectivity index (χ1n) is 8.20. The molecule has 1 aliphatic heterocycles. The van der Waals surface area contributed by atoms with Crippen molar-refractivity contribution >= 4 is 6.21 Å². The Morgan fingerprint density at radius 2 is 1.96 bits per heavy atom. The van der Waals surface area contributed by atoms with E-state index >= 15 is 0 Å². The molecule has 28 heavy (non-hydrogen) atoms. The van der Waals surface area contributed by atoms with Gasteiger partial charge in [-0.2, -0.15) is 5.10 Å². The van der Waals surface area contributed by atoms with Crippen molar-refractivity contribution in [3.63, 3.8) is 0 Å². The number of nitrogens with one attached hydrogen (secondary N) is 2. The minimum atomic E-state index is -2.58. The minimum Gasteiger partial charge on any atom is -0.367 e. The molecule has 2 aromatic rings. The molecule has 0 radical (unpaired) electrons. The molecule has 6 nitrogen and oxygen atoms in total. The van der Waals surface area contributed by atoms with Gasteiger partial charge in [-0.05, 0) is 19.1 Å². The highest BCUT2D eigenvalue weighted by Gasteiger charge is 2.32. The Morgan fingerprint density at radius 1 is 1.25 bits per heavy atom. The van der Waals surface area contributed by atoms with E-state index in [1.807, 2.05) is 0 Å². The van der Waals surface area contributed by atoms with Gasteiger partial charge in [-0.3, -0.25) is 10.4 Å². The zero-order valence-corrected chi connectivity index (χ0v) is 14.7. The molecular weight excluding hydrogens is 383 g/mol. The van der Waals surface area contributed by atoms with Crippen LogP contribution in [0.15, 0.2) is 40.9 Å². The second-order valence-electron chi connectivity index (χ2n) is 6.23. The average Bonchev–Trinajstić information content (AvgIpc) is 3.10. The molecule has 0 spiro atoms. The van der Waals surface area contributed by atoms with Crippen LogP contribution in [0.3, 0.4) is 0 Å². The first-order valence-corrected chi connectivity index (χ1v) is 8.20. The van der Waals surface area contributed by atoms with Crippen LogP contribution in [0.4, 0.5) is 22.0 Å². The summed E-state index contributed by atoms with van der Waals surface area (Å²) in [5.41, 5.74) is 6.60. The molecule has 1 atom stereocenters. The van der Waals surface area contributed by atoms with E-state index in [0.717, 1.165) is 10.7 Å². The summed E-state index contributed by atoms with van der Waals surface area (Å²) < 4.78 is 67.0. The molecule has 1 unspecified atom stereocenters. The Morgan fingerprint density at radius 3 is 2.68 bits per heavy atom. The summed E-state index contributed by atoms with van der Waals surface area (Å²) in [7, 11) is 0. The van der Waals surface area contributed by atoms with Crippen LogP contribution in [0.5, 0.6) is 0 Å². The lowest BCUT2D eigenvalue weighted by Gasteiger charge is -2.32. The number of allylic oxidation sites excluding steroid dienone is 1. The van der Waals surface area contributed by atoms with Gasteiger partial charge in [0.05, 0.1) is 11.8 Å². The smallest absolute Gasteiger partial charge is 0.257 e. The molecule has 0 aliphatic carbocycles. The third kappa shape index (κ3) is 3.98. The summed E-state index contributed by atoms with van der Waals surface area (Å²) in [6.45, 7) is 0.707. The molecule has 0 fully saturated rings. The number of benzene rings is 1. The number of aromatic nitrogens is 2. The quantitative estimate of drug-likeness (QED) is 0.514. The number of alkyl halides is 2. The average molecular weight is 400 g/mol. The molecule has 4 N–H and O–H groups in total. The van der Waals surface area contributed by atoms with Crippen LogP contribution in [0.1, 0.15) is 18.1 Å². The summed E-state index contributed by atoms with van der Waals surface area (Å²) in [4.78, 5) is 4.15. The van der Waals surface area contributed by atoms with Gasteiger partial charge in [-0.1, -0.05) is 0 Å². The van der Waals surface area contributed by atoms with E-state index in [-0.39, 0.29) is 6.54 Å². The first kappa shape index (κ1) is 19.8. The second-order valence-corrected chi connectivity index (χ2v) is 6.23. The van der Waals surface area contributed by atoms with E-state index in [9.17, 15) is 22.0 Å². The Kier molecular flexibility index (Phi) is 5.36. The monoisotopic (exact) mass is 400 g/mol. The summed E-state index contributed by atoms with van der Waals surface area (Å²) in [5, 5.41) is 9.43. The maximum Gasteiger partial charge on any atom is 0.257 e. The number of nitrogens with zero attached hydrogens (tertiary/aromatic N) is 3. The summed E-state index contributed by atoms with van der Waals surface area (Å²) in [6, 6.07) is 1.53. The Labute approximate surface area is 156 Å². The second kappa shape index (κ2) is 7.58. The molecule has 1 aliphatic rings. The number of hydrogen-bond acceptors (Lipinski definition) is 5. The van der Waals surface area contributed by atoms with Gasteiger partial charge in [-0.25, -0.2) is 26.9 Å². The Bertz CT molecular complexity index is 938. The predicted octanol–water partition coefficient (Wildman–Crippen LogP) is 2.33. The van der Waals surface area contributed by atoms with E-state index in [1.165, 1.54) is 18.6 Å². The first-order chi connectivity index (χ1) is 13.2. The summed E-state index contributed by atoms with van der Waals surface area (Å²) in [6.07, 6.45) is 1.44. The van der Waals surface area contributed by atoms with E-state index in [4.69, 9.17) is 5.73 Å². The normalized spacial score (nSPS) is 19.3.